The van der Waals surface area contributed by atoms with E-state index in [4.69, 9.17) is 5.84 Å². The molecule has 0 aliphatic rings. The Morgan fingerprint density at radius 1 is 1.06 bits per heavy atom. The Hall–Kier alpha value is -1.85. The molecule has 2 aromatic heterocycles. The zero-order valence-corrected chi connectivity index (χ0v) is 8.74. The summed E-state index contributed by atoms with van der Waals surface area (Å²) < 4.78 is 0. The van der Waals surface area contributed by atoms with Crippen molar-refractivity contribution in [2.75, 3.05) is 0 Å². The van der Waals surface area contributed by atoms with Crippen LogP contribution in [0.4, 0.5) is 0 Å². The van der Waals surface area contributed by atoms with Crippen LogP contribution in [0.2, 0.25) is 0 Å². The van der Waals surface area contributed by atoms with Crippen molar-refractivity contribution in [2.45, 2.75) is 12.5 Å². The molecular formula is C11H13N5. The van der Waals surface area contributed by atoms with Gasteiger partial charge < -0.3 is 0 Å². The molecule has 82 valence electrons. The molecule has 2 rings (SSSR count). The van der Waals surface area contributed by atoms with Gasteiger partial charge in [0.25, 0.3) is 0 Å². The largest absolute Gasteiger partial charge is 0.271 e. The van der Waals surface area contributed by atoms with E-state index in [0.29, 0.717) is 12.2 Å². The van der Waals surface area contributed by atoms with Crippen molar-refractivity contribution in [3.8, 4) is 0 Å². The summed E-state index contributed by atoms with van der Waals surface area (Å²) in [6, 6.07) is 7.44. The minimum absolute atomic E-state index is 0.115. The molecule has 0 radical (unpaired) electrons. The summed E-state index contributed by atoms with van der Waals surface area (Å²) in [6.07, 6.45) is 5.83. The van der Waals surface area contributed by atoms with Gasteiger partial charge in [-0.2, -0.15) is 0 Å². The fourth-order valence-corrected chi connectivity index (χ4v) is 1.44. The Morgan fingerprint density at radius 3 is 2.44 bits per heavy atom. The highest BCUT2D eigenvalue weighted by Crippen LogP contribution is 2.11. The number of aromatic nitrogens is 3. The van der Waals surface area contributed by atoms with Gasteiger partial charge in [-0.15, -0.1) is 0 Å². The average molecular weight is 215 g/mol. The Kier molecular flexibility index (Phi) is 3.53. The monoisotopic (exact) mass is 215 g/mol. The molecule has 0 aromatic carbocycles. The topological polar surface area (TPSA) is 76.7 Å². The molecule has 0 saturated carbocycles. The number of hydrogen-bond donors (Lipinski definition) is 2. The van der Waals surface area contributed by atoms with Crippen LogP contribution in [0.3, 0.4) is 0 Å². The molecule has 0 aliphatic heterocycles. The summed E-state index contributed by atoms with van der Waals surface area (Å²) in [5, 5.41) is 0. The van der Waals surface area contributed by atoms with E-state index in [1.807, 2.05) is 18.2 Å². The Morgan fingerprint density at radius 2 is 1.81 bits per heavy atom. The first-order valence-electron chi connectivity index (χ1n) is 5.03. The molecule has 0 spiro atoms. The molecule has 3 N–H and O–H groups in total. The van der Waals surface area contributed by atoms with E-state index in [0.717, 1.165) is 5.69 Å². The molecule has 0 fully saturated rings. The van der Waals surface area contributed by atoms with Crippen molar-refractivity contribution < 1.29 is 0 Å². The van der Waals surface area contributed by atoms with Crippen LogP contribution >= 0.6 is 0 Å². The Labute approximate surface area is 93.7 Å². The average Bonchev–Trinajstić information content (AvgIpc) is 2.38. The quantitative estimate of drug-likeness (QED) is 0.577. The van der Waals surface area contributed by atoms with Crippen molar-refractivity contribution in [1.82, 2.24) is 20.4 Å². The summed E-state index contributed by atoms with van der Waals surface area (Å²) in [6.45, 7) is 0. The van der Waals surface area contributed by atoms with Gasteiger partial charge in [0.15, 0.2) is 0 Å². The van der Waals surface area contributed by atoms with Gasteiger partial charge in [0.2, 0.25) is 0 Å². The standard InChI is InChI=1S/C11H13N5/c12-16-10(11-14-6-3-7-15-11)8-9-4-1-2-5-13-9/h1-7,10,16H,8,12H2. The van der Waals surface area contributed by atoms with Crippen LogP contribution in [-0.2, 0) is 6.42 Å². The highest BCUT2D eigenvalue weighted by molar-refractivity contribution is 5.08. The number of hydrogen-bond acceptors (Lipinski definition) is 5. The summed E-state index contributed by atoms with van der Waals surface area (Å²) >= 11 is 0. The summed E-state index contributed by atoms with van der Waals surface area (Å²) in [5.74, 6) is 6.17. The number of nitrogens with two attached hydrogens (primary N) is 1. The predicted octanol–water partition coefficient (Wildman–Crippen LogP) is 0.619. The fourth-order valence-electron chi connectivity index (χ4n) is 1.44. The number of rotatable bonds is 4. The Balaban J connectivity index is 2.13. The molecule has 1 unspecified atom stereocenters. The molecule has 16 heavy (non-hydrogen) atoms. The van der Waals surface area contributed by atoms with E-state index >= 15 is 0 Å². The molecule has 0 bridgehead atoms. The van der Waals surface area contributed by atoms with Crippen LogP contribution in [-0.4, -0.2) is 15.0 Å². The van der Waals surface area contributed by atoms with E-state index in [2.05, 4.69) is 20.4 Å². The number of nitrogens with zero attached hydrogens (tertiary/aromatic N) is 3. The zero-order chi connectivity index (χ0) is 11.2. The van der Waals surface area contributed by atoms with Crippen molar-refractivity contribution in [3.05, 3.63) is 54.4 Å². The van der Waals surface area contributed by atoms with E-state index in [-0.39, 0.29) is 6.04 Å². The summed E-state index contributed by atoms with van der Waals surface area (Å²) in [4.78, 5) is 12.6. The van der Waals surface area contributed by atoms with Crippen molar-refractivity contribution in [3.63, 3.8) is 0 Å². The number of nitrogens with one attached hydrogen (secondary N) is 1. The van der Waals surface area contributed by atoms with Gasteiger partial charge in [-0.3, -0.25) is 10.8 Å². The molecule has 0 amide bonds. The third-order valence-electron chi connectivity index (χ3n) is 2.24. The van der Waals surface area contributed by atoms with Gasteiger partial charge in [0.1, 0.15) is 5.82 Å². The molecule has 1 atom stereocenters. The van der Waals surface area contributed by atoms with Crippen molar-refractivity contribution in [2.24, 2.45) is 5.84 Å². The lowest BCUT2D eigenvalue weighted by molar-refractivity contribution is 0.517. The lowest BCUT2D eigenvalue weighted by Gasteiger charge is -2.13. The first-order valence-corrected chi connectivity index (χ1v) is 5.03. The minimum atomic E-state index is -0.115. The first-order chi connectivity index (χ1) is 7.90. The fraction of sp³-hybridized carbons (Fsp3) is 0.182. The van der Waals surface area contributed by atoms with Crippen LogP contribution in [0.15, 0.2) is 42.9 Å². The highest BCUT2D eigenvalue weighted by Gasteiger charge is 2.13. The Bertz CT molecular complexity index is 417. The minimum Gasteiger partial charge on any atom is -0.271 e. The van der Waals surface area contributed by atoms with E-state index < -0.39 is 0 Å². The lowest BCUT2D eigenvalue weighted by atomic mass is 10.1. The molecular weight excluding hydrogens is 202 g/mol. The molecule has 0 saturated heterocycles. The second-order valence-electron chi connectivity index (χ2n) is 3.35. The maximum atomic E-state index is 5.49. The lowest BCUT2D eigenvalue weighted by Crippen LogP contribution is -2.31. The van der Waals surface area contributed by atoms with Crippen molar-refractivity contribution >= 4 is 0 Å². The molecule has 2 aromatic rings. The molecule has 5 nitrogen and oxygen atoms in total. The SMILES string of the molecule is NNC(Cc1ccccn1)c1ncccn1. The molecule has 0 aliphatic carbocycles. The van der Waals surface area contributed by atoms with Crippen molar-refractivity contribution in [1.29, 1.82) is 0 Å². The van der Waals surface area contributed by atoms with Crippen LogP contribution in [0.1, 0.15) is 17.6 Å². The molecule has 5 heteroatoms. The van der Waals surface area contributed by atoms with Gasteiger partial charge >= 0.3 is 0 Å². The van der Waals surface area contributed by atoms with E-state index in [1.165, 1.54) is 0 Å². The van der Waals surface area contributed by atoms with Crippen LogP contribution in [0.5, 0.6) is 0 Å². The van der Waals surface area contributed by atoms with E-state index in [9.17, 15) is 0 Å². The summed E-state index contributed by atoms with van der Waals surface area (Å²) in [5.41, 5.74) is 3.66. The van der Waals surface area contributed by atoms with Crippen LogP contribution < -0.4 is 11.3 Å². The van der Waals surface area contributed by atoms with Gasteiger partial charge in [0, 0.05) is 30.7 Å². The van der Waals surface area contributed by atoms with E-state index in [1.54, 1.807) is 24.7 Å². The normalized spacial score (nSPS) is 12.3. The summed E-state index contributed by atoms with van der Waals surface area (Å²) in [7, 11) is 0. The van der Waals surface area contributed by atoms with Crippen LogP contribution in [0, 0.1) is 0 Å². The van der Waals surface area contributed by atoms with Crippen LogP contribution in [0.25, 0.3) is 0 Å². The predicted molar refractivity (Wildman–Crippen MR) is 60.0 cm³/mol. The highest BCUT2D eigenvalue weighted by atomic mass is 15.2. The molecule has 2 heterocycles. The first kappa shape index (κ1) is 10.7. The second kappa shape index (κ2) is 5.29. The van der Waals surface area contributed by atoms with Gasteiger partial charge in [-0.1, -0.05) is 6.07 Å². The second-order valence-corrected chi connectivity index (χ2v) is 3.35. The van der Waals surface area contributed by atoms with Gasteiger partial charge in [0.05, 0.1) is 6.04 Å². The third-order valence-corrected chi connectivity index (χ3v) is 2.24. The van der Waals surface area contributed by atoms with Gasteiger partial charge in [-0.25, -0.2) is 15.4 Å². The number of pyridine rings is 1. The maximum Gasteiger partial charge on any atom is 0.146 e. The van der Waals surface area contributed by atoms with Gasteiger partial charge in [-0.05, 0) is 18.2 Å². The maximum absolute atomic E-state index is 5.49. The smallest absolute Gasteiger partial charge is 0.146 e. The zero-order valence-electron chi connectivity index (χ0n) is 8.74. The third kappa shape index (κ3) is 2.59. The number of hydrazine groups is 1.